The zero-order chi connectivity index (χ0) is 25.5. The maximum Gasteiger partial charge on any atom is 0.339 e. The van der Waals surface area contributed by atoms with Gasteiger partial charge in [-0.15, -0.1) is 0 Å². The third-order valence-electron chi connectivity index (χ3n) is 5.72. The van der Waals surface area contributed by atoms with Gasteiger partial charge in [0.1, 0.15) is 22.2 Å². The predicted molar refractivity (Wildman–Crippen MR) is 132 cm³/mol. The van der Waals surface area contributed by atoms with Crippen molar-refractivity contribution >= 4 is 21.8 Å². The molecule has 1 aliphatic rings. The molecule has 0 aliphatic carbocycles. The van der Waals surface area contributed by atoms with Crippen molar-refractivity contribution in [3.63, 3.8) is 0 Å². The van der Waals surface area contributed by atoms with Crippen LogP contribution >= 0.6 is 0 Å². The number of urea groups is 1. The van der Waals surface area contributed by atoms with Gasteiger partial charge in [0, 0.05) is 18.7 Å². The van der Waals surface area contributed by atoms with E-state index in [-0.39, 0.29) is 23.3 Å². The summed E-state index contributed by atoms with van der Waals surface area (Å²) in [6, 6.07) is 17.6. The average Bonchev–Trinajstić information content (AvgIpc) is 3.38. The number of hydrogen-bond acceptors (Lipinski definition) is 6. The average molecular weight is 515 g/mol. The van der Waals surface area contributed by atoms with Crippen molar-refractivity contribution in [2.75, 3.05) is 25.6 Å². The smallest absolute Gasteiger partial charge is 0.339 e. The van der Waals surface area contributed by atoms with E-state index in [0.29, 0.717) is 30.2 Å². The molecule has 1 N–H and O–H groups in total. The van der Waals surface area contributed by atoms with E-state index in [2.05, 4.69) is 5.32 Å². The van der Waals surface area contributed by atoms with Crippen molar-refractivity contribution < 1.29 is 31.3 Å². The van der Waals surface area contributed by atoms with E-state index in [4.69, 9.17) is 13.7 Å². The minimum atomic E-state index is -4.22. The highest BCUT2D eigenvalue weighted by Crippen LogP contribution is 2.27. The summed E-state index contributed by atoms with van der Waals surface area (Å²) in [6.45, 7) is 0.998. The first-order valence-electron chi connectivity index (χ1n) is 11.4. The highest BCUT2D eigenvalue weighted by Gasteiger charge is 2.25. The summed E-state index contributed by atoms with van der Waals surface area (Å²) in [5.74, 6) is 0.0291. The van der Waals surface area contributed by atoms with Gasteiger partial charge in [0.25, 0.3) is 0 Å². The number of anilines is 1. The molecule has 36 heavy (non-hydrogen) atoms. The van der Waals surface area contributed by atoms with Crippen molar-refractivity contribution in [2.24, 2.45) is 0 Å². The van der Waals surface area contributed by atoms with Crippen molar-refractivity contribution in [1.82, 2.24) is 4.90 Å². The quantitative estimate of drug-likeness (QED) is 0.412. The zero-order valence-electron chi connectivity index (χ0n) is 19.7. The Morgan fingerprint density at radius 1 is 1.06 bits per heavy atom. The molecule has 0 spiro atoms. The second kappa shape index (κ2) is 11.4. The number of ether oxygens (including phenoxy) is 2. The Morgan fingerprint density at radius 2 is 1.75 bits per heavy atom. The maximum atomic E-state index is 13.3. The van der Waals surface area contributed by atoms with Crippen LogP contribution in [0, 0.1) is 5.82 Å². The topological polar surface area (TPSA) is 94.2 Å². The highest BCUT2D eigenvalue weighted by atomic mass is 32.2. The Labute approximate surface area is 209 Å². The number of nitrogens with one attached hydrogen (secondary N) is 1. The van der Waals surface area contributed by atoms with Crippen LogP contribution in [0.4, 0.5) is 14.9 Å². The number of para-hydroxylation sites is 3. The zero-order valence-corrected chi connectivity index (χ0v) is 20.5. The van der Waals surface area contributed by atoms with Gasteiger partial charge in [0.2, 0.25) is 0 Å². The molecule has 1 fully saturated rings. The van der Waals surface area contributed by atoms with Crippen LogP contribution in [0.25, 0.3) is 0 Å². The van der Waals surface area contributed by atoms with Gasteiger partial charge >= 0.3 is 16.1 Å². The van der Waals surface area contributed by atoms with Crippen LogP contribution in [0.3, 0.4) is 0 Å². The Balaban J connectivity index is 1.58. The van der Waals surface area contributed by atoms with Crippen molar-refractivity contribution in [1.29, 1.82) is 0 Å². The lowest BCUT2D eigenvalue weighted by Crippen LogP contribution is -2.39. The van der Waals surface area contributed by atoms with Gasteiger partial charge < -0.3 is 23.9 Å². The summed E-state index contributed by atoms with van der Waals surface area (Å²) >= 11 is 0. The number of benzene rings is 3. The number of carbonyl (C=O) groups is 1. The largest absolute Gasteiger partial charge is 0.495 e. The van der Waals surface area contributed by atoms with E-state index >= 15 is 0 Å². The number of rotatable bonds is 9. The van der Waals surface area contributed by atoms with E-state index in [0.717, 1.165) is 37.1 Å². The molecule has 0 aromatic heterocycles. The highest BCUT2D eigenvalue weighted by molar-refractivity contribution is 7.87. The number of methoxy groups -OCH3 is 1. The Kier molecular flexibility index (Phi) is 8.07. The summed E-state index contributed by atoms with van der Waals surface area (Å²) in [7, 11) is -2.70. The molecule has 190 valence electrons. The summed E-state index contributed by atoms with van der Waals surface area (Å²) in [4.78, 5) is 14.7. The minimum absolute atomic E-state index is 0.0654. The summed E-state index contributed by atoms with van der Waals surface area (Å²) in [5, 5.41) is 2.87. The predicted octanol–water partition coefficient (Wildman–Crippen LogP) is 4.82. The van der Waals surface area contributed by atoms with E-state index in [1.165, 1.54) is 13.2 Å². The van der Waals surface area contributed by atoms with Gasteiger partial charge in [0.15, 0.2) is 0 Å². The fraction of sp³-hybridized carbons (Fsp3) is 0.269. The van der Waals surface area contributed by atoms with Crippen molar-refractivity contribution in [3.8, 4) is 11.5 Å². The molecule has 1 saturated heterocycles. The lowest BCUT2D eigenvalue weighted by Gasteiger charge is -2.27. The van der Waals surface area contributed by atoms with Gasteiger partial charge in [0.05, 0.1) is 25.4 Å². The molecule has 1 heterocycles. The fourth-order valence-corrected chi connectivity index (χ4v) is 4.85. The van der Waals surface area contributed by atoms with E-state index in [9.17, 15) is 17.6 Å². The Morgan fingerprint density at radius 3 is 2.44 bits per heavy atom. The Hall–Kier alpha value is -3.63. The van der Waals surface area contributed by atoms with Crippen LogP contribution in [-0.4, -0.2) is 45.7 Å². The normalized spacial score (nSPS) is 15.3. The summed E-state index contributed by atoms with van der Waals surface area (Å²) < 4.78 is 55.3. The molecule has 10 heteroatoms. The SMILES string of the molecule is COc1ccccc1NC(=O)N(Cc1ccccc1OS(=O)(=O)c1ccc(F)cc1)CC1CCCO1. The molecule has 3 aromatic rings. The monoisotopic (exact) mass is 514 g/mol. The fourth-order valence-electron chi connectivity index (χ4n) is 3.88. The van der Waals surface area contributed by atoms with Gasteiger partial charge in [-0.05, 0) is 55.3 Å². The number of halogens is 1. The standard InChI is InChI=1S/C26H27FN2O6S/c1-33-25-11-5-3-9-23(25)28-26(30)29(18-21-8-6-16-34-21)17-19-7-2-4-10-24(19)35-36(31,32)22-14-12-20(27)13-15-22/h2-5,7,9-15,21H,6,8,16-18H2,1H3,(H,28,30). The molecule has 3 aromatic carbocycles. The van der Waals surface area contributed by atoms with Gasteiger partial charge in [-0.25, -0.2) is 9.18 Å². The molecular formula is C26H27FN2O6S. The molecule has 0 saturated carbocycles. The van der Waals surface area contributed by atoms with Crippen LogP contribution in [-0.2, 0) is 21.4 Å². The van der Waals surface area contributed by atoms with E-state index in [1.807, 2.05) is 0 Å². The van der Waals surface area contributed by atoms with E-state index in [1.54, 1.807) is 47.4 Å². The molecule has 0 bridgehead atoms. The van der Waals surface area contributed by atoms with Crippen LogP contribution in [0.1, 0.15) is 18.4 Å². The lowest BCUT2D eigenvalue weighted by atomic mass is 10.1. The minimum Gasteiger partial charge on any atom is -0.495 e. The van der Waals surface area contributed by atoms with Crippen molar-refractivity contribution in [2.45, 2.75) is 30.4 Å². The summed E-state index contributed by atoms with van der Waals surface area (Å²) in [6.07, 6.45) is 1.59. The summed E-state index contributed by atoms with van der Waals surface area (Å²) in [5.41, 5.74) is 0.988. The first-order chi connectivity index (χ1) is 17.4. The second-order valence-electron chi connectivity index (χ2n) is 8.25. The van der Waals surface area contributed by atoms with Crippen LogP contribution in [0.2, 0.25) is 0 Å². The molecule has 4 rings (SSSR count). The maximum absolute atomic E-state index is 13.3. The Bertz CT molecular complexity index is 1290. The number of amides is 2. The molecule has 1 aliphatic heterocycles. The van der Waals surface area contributed by atoms with Gasteiger partial charge in [-0.2, -0.15) is 8.42 Å². The van der Waals surface area contributed by atoms with E-state index < -0.39 is 22.0 Å². The number of carbonyl (C=O) groups excluding carboxylic acids is 1. The van der Waals surface area contributed by atoms with Gasteiger partial charge in [-0.1, -0.05) is 30.3 Å². The number of nitrogens with zero attached hydrogens (tertiary/aromatic N) is 1. The molecule has 1 atom stereocenters. The molecule has 0 radical (unpaired) electrons. The first kappa shape index (κ1) is 25.5. The second-order valence-corrected chi connectivity index (χ2v) is 9.79. The third kappa shape index (κ3) is 6.32. The molecule has 1 unspecified atom stereocenters. The van der Waals surface area contributed by atoms with Gasteiger partial charge in [-0.3, -0.25) is 0 Å². The van der Waals surface area contributed by atoms with Crippen LogP contribution in [0.5, 0.6) is 11.5 Å². The number of hydrogen-bond donors (Lipinski definition) is 1. The third-order valence-corrected chi connectivity index (χ3v) is 6.97. The van der Waals surface area contributed by atoms with Crippen LogP contribution < -0.4 is 14.2 Å². The van der Waals surface area contributed by atoms with Crippen LogP contribution in [0.15, 0.2) is 77.7 Å². The molecular weight excluding hydrogens is 487 g/mol. The van der Waals surface area contributed by atoms with Crippen molar-refractivity contribution in [3.05, 3.63) is 84.2 Å². The molecule has 8 nitrogen and oxygen atoms in total. The molecule has 2 amide bonds. The first-order valence-corrected chi connectivity index (χ1v) is 12.8. The lowest BCUT2D eigenvalue weighted by molar-refractivity contribution is 0.0818.